The van der Waals surface area contributed by atoms with Crippen molar-refractivity contribution in [1.29, 1.82) is 0 Å². The van der Waals surface area contributed by atoms with Gasteiger partial charge in [0.05, 0.1) is 47.9 Å². The molecule has 2 rings (SSSR count). The van der Waals surface area contributed by atoms with E-state index in [1.807, 2.05) is 6.92 Å². The molecule has 0 N–H and O–H groups in total. The Labute approximate surface area is 173 Å². The first kappa shape index (κ1) is 23.6. The summed E-state index contributed by atoms with van der Waals surface area (Å²) in [4.78, 5) is 33.2. The summed E-state index contributed by atoms with van der Waals surface area (Å²) in [7, 11) is 0. The summed E-state index contributed by atoms with van der Waals surface area (Å²) in [5, 5.41) is 22.1. The quantitative estimate of drug-likeness (QED) is 0.162. The lowest BCUT2D eigenvalue weighted by Gasteiger charge is -2.36. The zero-order valence-corrected chi connectivity index (χ0v) is 16.9. The molecule has 1 fully saturated rings. The minimum absolute atomic E-state index is 0.189. The van der Waals surface area contributed by atoms with Gasteiger partial charge in [0.2, 0.25) is 5.79 Å². The van der Waals surface area contributed by atoms with Crippen molar-refractivity contribution in [2.24, 2.45) is 0 Å². The van der Waals surface area contributed by atoms with Gasteiger partial charge in [0.1, 0.15) is 0 Å². The van der Waals surface area contributed by atoms with Crippen LogP contribution < -0.4 is 0 Å². The molecule has 1 aromatic rings. The van der Waals surface area contributed by atoms with Crippen molar-refractivity contribution in [1.82, 2.24) is 0 Å². The van der Waals surface area contributed by atoms with E-state index in [1.54, 1.807) is 0 Å². The highest BCUT2D eigenvalue weighted by molar-refractivity contribution is 5.91. The molecule has 1 aromatic carbocycles. The van der Waals surface area contributed by atoms with Crippen LogP contribution in [0.3, 0.4) is 0 Å². The smallest absolute Gasteiger partial charge is 0.341 e. The fourth-order valence-corrected chi connectivity index (χ4v) is 3.17. The van der Waals surface area contributed by atoms with Crippen molar-refractivity contribution in [3.63, 3.8) is 0 Å². The number of non-ortho nitro benzene ring substituents is 2. The van der Waals surface area contributed by atoms with Crippen molar-refractivity contribution < 1.29 is 33.6 Å². The topological polar surface area (TPSA) is 140 Å². The number of carbonyl (C=O) groups is 1. The predicted octanol–water partition coefficient (Wildman–Crippen LogP) is 3.39. The molecule has 1 aliphatic rings. The van der Waals surface area contributed by atoms with Gasteiger partial charge in [0.25, 0.3) is 11.4 Å². The Morgan fingerprint density at radius 3 is 2.07 bits per heavy atom. The third kappa shape index (κ3) is 7.01. The number of ether oxygens (including phenoxy) is 4. The summed E-state index contributed by atoms with van der Waals surface area (Å²) < 4.78 is 22.0. The molecule has 11 heteroatoms. The van der Waals surface area contributed by atoms with E-state index in [1.165, 1.54) is 0 Å². The minimum atomic E-state index is -1.18. The Hall–Kier alpha value is -2.63. The highest BCUT2D eigenvalue weighted by atomic mass is 16.7. The zero-order valence-electron chi connectivity index (χ0n) is 16.9. The third-order valence-electron chi connectivity index (χ3n) is 4.62. The molecule has 11 nitrogen and oxygen atoms in total. The number of benzene rings is 1. The second-order valence-electron chi connectivity index (χ2n) is 6.77. The number of hydrogen-bond acceptors (Lipinski definition) is 9. The average molecular weight is 426 g/mol. The molecule has 30 heavy (non-hydrogen) atoms. The molecule has 0 radical (unpaired) electrons. The van der Waals surface area contributed by atoms with Gasteiger partial charge in [0, 0.05) is 31.6 Å². The van der Waals surface area contributed by atoms with E-state index < -0.39 is 33.0 Å². The van der Waals surface area contributed by atoms with Gasteiger partial charge in [-0.1, -0.05) is 6.42 Å². The lowest BCUT2D eigenvalue weighted by atomic mass is 9.94. The molecule has 1 aliphatic carbocycles. The van der Waals surface area contributed by atoms with Crippen molar-refractivity contribution in [3.05, 3.63) is 44.0 Å². The molecule has 0 unspecified atom stereocenters. The number of nitro groups is 2. The first-order chi connectivity index (χ1) is 14.4. The highest BCUT2D eigenvalue weighted by Crippen LogP contribution is 2.34. The van der Waals surface area contributed by atoms with Gasteiger partial charge in [-0.25, -0.2) is 4.79 Å². The molecular formula is C19H26N2O9. The number of nitro benzene ring substituents is 2. The summed E-state index contributed by atoms with van der Waals surface area (Å²) >= 11 is 0. The monoisotopic (exact) mass is 426 g/mol. The maximum Gasteiger partial charge on any atom is 0.341 e. The SMILES string of the molecule is CCOCCOCCOC1(OC(=O)c2cc([N+](=O)[O-])cc([N+](=O)[O-])c2)CCCCC1. The normalized spacial score (nSPS) is 15.5. The molecule has 0 aromatic heterocycles. The molecule has 0 spiro atoms. The molecule has 0 heterocycles. The molecule has 0 amide bonds. The van der Waals surface area contributed by atoms with Gasteiger partial charge < -0.3 is 18.9 Å². The summed E-state index contributed by atoms with van der Waals surface area (Å²) in [6.07, 6.45) is 3.47. The average Bonchev–Trinajstić information content (AvgIpc) is 2.73. The lowest BCUT2D eigenvalue weighted by Crippen LogP contribution is -2.41. The summed E-state index contributed by atoms with van der Waals surface area (Å²) in [5.41, 5.74) is -1.38. The molecule has 0 bridgehead atoms. The van der Waals surface area contributed by atoms with Crippen molar-refractivity contribution >= 4 is 17.3 Å². The van der Waals surface area contributed by atoms with E-state index in [0.717, 1.165) is 37.5 Å². The third-order valence-corrected chi connectivity index (χ3v) is 4.62. The molecule has 166 valence electrons. The van der Waals surface area contributed by atoms with Crippen LogP contribution in [0.2, 0.25) is 0 Å². The van der Waals surface area contributed by atoms with Crippen LogP contribution in [0.15, 0.2) is 18.2 Å². The zero-order chi connectivity index (χ0) is 22.0. The van der Waals surface area contributed by atoms with E-state index in [2.05, 4.69) is 0 Å². The molecule has 1 saturated carbocycles. The van der Waals surface area contributed by atoms with E-state index in [-0.39, 0.29) is 18.8 Å². The van der Waals surface area contributed by atoms with Crippen LogP contribution in [0.1, 0.15) is 49.4 Å². The van der Waals surface area contributed by atoms with Crippen molar-refractivity contribution in [3.8, 4) is 0 Å². The van der Waals surface area contributed by atoms with Gasteiger partial charge in [-0.3, -0.25) is 20.2 Å². The van der Waals surface area contributed by atoms with Crippen LogP contribution in [-0.4, -0.2) is 54.6 Å². The van der Waals surface area contributed by atoms with Crippen LogP contribution in [0, 0.1) is 20.2 Å². The van der Waals surface area contributed by atoms with Crippen molar-refractivity contribution in [2.45, 2.75) is 44.8 Å². The Balaban J connectivity index is 2.06. The van der Waals surface area contributed by atoms with Gasteiger partial charge in [-0.2, -0.15) is 0 Å². The number of hydrogen-bond donors (Lipinski definition) is 0. The van der Waals surface area contributed by atoms with Gasteiger partial charge in [-0.05, 0) is 19.8 Å². The number of nitrogens with zero attached hydrogens (tertiary/aromatic N) is 2. The number of carbonyl (C=O) groups excluding carboxylic acids is 1. The summed E-state index contributed by atoms with van der Waals surface area (Å²) in [6, 6.07) is 2.72. The Kier molecular flexibility index (Phi) is 9.09. The fraction of sp³-hybridized carbons (Fsp3) is 0.632. The standard InChI is InChI=1S/C19H26N2O9/c1-2-27-8-9-28-10-11-29-19(6-4-3-5-7-19)30-18(22)15-12-16(20(23)24)14-17(13-15)21(25)26/h12-14H,2-11H2,1H3. The van der Waals surface area contributed by atoms with Crippen LogP contribution in [0.25, 0.3) is 0 Å². The summed E-state index contributed by atoms with van der Waals surface area (Å²) in [5.74, 6) is -2.08. The van der Waals surface area contributed by atoms with E-state index in [9.17, 15) is 25.0 Å². The molecular weight excluding hydrogens is 400 g/mol. The predicted molar refractivity (Wildman–Crippen MR) is 104 cm³/mol. The van der Waals surface area contributed by atoms with E-state index >= 15 is 0 Å². The van der Waals surface area contributed by atoms with Crippen LogP contribution in [-0.2, 0) is 18.9 Å². The Bertz CT molecular complexity index is 715. The first-order valence-corrected chi connectivity index (χ1v) is 9.83. The van der Waals surface area contributed by atoms with Crippen LogP contribution in [0.5, 0.6) is 0 Å². The second-order valence-corrected chi connectivity index (χ2v) is 6.77. The van der Waals surface area contributed by atoms with Crippen LogP contribution >= 0.6 is 0 Å². The summed E-state index contributed by atoms with van der Waals surface area (Å²) in [6.45, 7) is 3.86. The fourth-order valence-electron chi connectivity index (χ4n) is 3.17. The van der Waals surface area contributed by atoms with Gasteiger partial charge in [-0.15, -0.1) is 0 Å². The minimum Gasteiger partial charge on any atom is -0.429 e. The van der Waals surface area contributed by atoms with Gasteiger partial charge >= 0.3 is 5.97 Å². The lowest BCUT2D eigenvalue weighted by molar-refractivity contribution is -0.394. The maximum absolute atomic E-state index is 12.7. The first-order valence-electron chi connectivity index (χ1n) is 9.83. The van der Waals surface area contributed by atoms with Crippen molar-refractivity contribution in [2.75, 3.05) is 33.0 Å². The molecule has 0 aliphatic heterocycles. The second kappa shape index (κ2) is 11.5. The van der Waals surface area contributed by atoms with E-state index in [0.29, 0.717) is 32.7 Å². The largest absolute Gasteiger partial charge is 0.429 e. The van der Waals surface area contributed by atoms with Gasteiger partial charge in [0.15, 0.2) is 0 Å². The van der Waals surface area contributed by atoms with E-state index in [4.69, 9.17) is 18.9 Å². The Morgan fingerprint density at radius 2 is 1.50 bits per heavy atom. The van der Waals surface area contributed by atoms with Crippen LogP contribution in [0.4, 0.5) is 11.4 Å². The molecule has 0 saturated heterocycles. The number of rotatable bonds is 12. The highest BCUT2D eigenvalue weighted by Gasteiger charge is 2.38. The molecule has 0 atom stereocenters. The maximum atomic E-state index is 12.7. The Morgan fingerprint density at radius 1 is 0.933 bits per heavy atom. The number of esters is 1.